The lowest BCUT2D eigenvalue weighted by atomic mass is 10.2. The van der Waals surface area contributed by atoms with Crippen LogP contribution in [0.2, 0.25) is 5.02 Å². The lowest BCUT2D eigenvalue weighted by Gasteiger charge is -2.10. The van der Waals surface area contributed by atoms with E-state index >= 15 is 0 Å². The minimum absolute atomic E-state index is 0.0363. The topological polar surface area (TPSA) is 38.0 Å². The lowest BCUT2D eigenvalue weighted by Crippen LogP contribution is -2.19. The van der Waals surface area contributed by atoms with Crippen LogP contribution in [0.1, 0.15) is 5.56 Å². The SMILES string of the molecule is NC(=S)Nc1ccc(C(F)(F)F)c(Cl)c1. The van der Waals surface area contributed by atoms with Crippen molar-refractivity contribution >= 4 is 34.6 Å². The van der Waals surface area contributed by atoms with Crippen LogP contribution < -0.4 is 11.1 Å². The molecule has 0 amide bonds. The molecule has 15 heavy (non-hydrogen) atoms. The number of hydrogen-bond acceptors (Lipinski definition) is 1. The third-order valence-corrected chi connectivity index (χ3v) is 1.96. The molecule has 0 aliphatic rings. The molecular formula is C8H6ClF3N2S. The van der Waals surface area contributed by atoms with E-state index in [1.54, 1.807) is 0 Å². The van der Waals surface area contributed by atoms with Crippen LogP contribution in [-0.2, 0) is 6.18 Å². The van der Waals surface area contributed by atoms with E-state index in [0.717, 1.165) is 12.1 Å². The zero-order chi connectivity index (χ0) is 11.6. The van der Waals surface area contributed by atoms with Crippen LogP contribution in [0.5, 0.6) is 0 Å². The molecular weight excluding hydrogens is 249 g/mol. The van der Waals surface area contributed by atoms with Gasteiger partial charge in [-0.05, 0) is 30.4 Å². The van der Waals surface area contributed by atoms with E-state index in [-0.39, 0.29) is 5.11 Å². The van der Waals surface area contributed by atoms with Gasteiger partial charge >= 0.3 is 6.18 Å². The highest BCUT2D eigenvalue weighted by Gasteiger charge is 2.32. The van der Waals surface area contributed by atoms with Crippen molar-refractivity contribution in [2.75, 3.05) is 5.32 Å². The number of nitrogens with one attached hydrogen (secondary N) is 1. The van der Waals surface area contributed by atoms with E-state index < -0.39 is 16.8 Å². The predicted molar refractivity (Wildman–Crippen MR) is 56.9 cm³/mol. The molecule has 0 saturated carbocycles. The summed E-state index contributed by atoms with van der Waals surface area (Å²) < 4.78 is 36.9. The molecule has 3 N–H and O–H groups in total. The van der Waals surface area contributed by atoms with Crippen LogP contribution in [0.15, 0.2) is 18.2 Å². The van der Waals surface area contributed by atoms with Gasteiger partial charge in [-0.2, -0.15) is 13.2 Å². The lowest BCUT2D eigenvalue weighted by molar-refractivity contribution is -0.137. The van der Waals surface area contributed by atoms with Gasteiger partial charge in [-0.3, -0.25) is 0 Å². The van der Waals surface area contributed by atoms with Gasteiger partial charge in [0.2, 0.25) is 0 Å². The molecule has 0 radical (unpaired) electrons. The van der Waals surface area contributed by atoms with Crippen molar-refractivity contribution in [3.05, 3.63) is 28.8 Å². The summed E-state index contributed by atoms with van der Waals surface area (Å²) >= 11 is 9.98. The molecule has 82 valence electrons. The van der Waals surface area contributed by atoms with Gasteiger partial charge in [0.1, 0.15) is 0 Å². The third-order valence-electron chi connectivity index (χ3n) is 1.54. The highest BCUT2D eigenvalue weighted by molar-refractivity contribution is 7.80. The number of rotatable bonds is 1. The fraction of sp³-hybridized carbons (Fsp3) is 0.125. The fourth-order valence-corrected chi connectivity index (χ4v) is 1.37. The summed E-state index contributed by atoms with van der Waals surface area (Å²) in [6.45, 7) is 0. The Morgan fingerprint density at radius 1 is 1.40 bits per heavy atom. The standard InChI is InChI=1S/C8H6ClF3N2S/c9-6-3-4(14-7(13)15)1-2-5(6)8(10,11)12/h1-3H,(H3,13,14,15). The second kappa shape index (κ2) is 4.24. The highest BCUT2D eigenvalue weighted by Crippen LogP contribution is 2.35. The molecule has 1 aromatic carbocycles. The second-order valence-electron chi connectivity index (χ2n) is 2.68. The molecule has 0 unspecified atom stereocenters. The van der Waals surface area contributed by atoms with Crippen molar-refractivity contribution in [3.63, 3.8) is 0 Å². The van der Waals surface area contributed by atoms with Crippen LogP contribution in [0.25, 0.3) is 0 Å². The minimum Gasteiger partial charge on any atom is -0.376 e. The first kappa shape index (κ1) is 12.1. The Morgan fingerprint density at radius 3 is 2.40 bits per heavy atom. The second-order valence-corrected chi connectivity index (χ2v) is 3.53. The predicted octanol–water partition coefficient (Wildman–Crippen LogP) is 3.01. The van der Waals surface area contributed by atoms with Crippen LogP contribution in [0, 0.1) is 0 Å². The summed E-state index contributed by atoms with van der Waals surface area (Å²) in [5, 5.41) is 2.05. The van der Waals surface area contributed by atoms with Gasteiger partial charge in [0.25, 0.3) is 0 Å². The number of benzene rings is 1. The van der Waals surface area contributed by atoms with E-state index in [0.29, 0.717) is 5.69 Å². The van der Waals surface area contributed by atoms with Crippen LogP contribution in [0.4, 0.5) is 18.9 Å². The summed E-state index contributed by atoms with van der Waals surface area (Å²) in [7, 11) is 0. The molecule has 0 heterocycles. The van der Waals surface area contributed by atoms with Crippen LogP contribution in [-0.4, -0.2) is 5.11 Å². The maximum atomic E-state index is 12.3. The summed E-state index contributed by atoms with van der Waals surface area (Å²) in [6.07, 6.45) is -4.46. The molecule has 1 rings (SSSR count). The van der Waals surface area contributed by atoms with Crippen molar-refractivity contribution in [1.29, 1.82) is 0 Å². The maximum Gasteiger partial charge on any atom is 0.417 e. The summed E-state index contributed by atoms with van der Waals surface area (Å²) in [5.41, 5.74) is 4.58. The zero-order valence-electron chi connectivity index (χ0n) is 7.23. The van der Waals surface area contributed by atoms with Crippen molar-refractivity contribution in [2.45, 2.75) is 6.18 Å². The van der Waals surface area contributed by atoms with E-state index in [9.17, 15) is 13.2 Å². The van der Waals surface area contributed by atoms with Crippen molar-refractivity contribution < 1.29 is 13.2 Å². The first-order chi connectivity index (χ1) is 6.80. The van der Waals surface area contributed by atoms with Gasteiger partial charge in [0, 0.05) is 5.69 Å². The minimum atomic E-state index is -4.46. The van der Waals surface area contributed by atoms with E-state index in [2.05, 4.69) is 17.5 Å². The molecule has 0 saturated heterocycles. The molecule has 0 aliphatic heterocycles. The molecule has 0 fully saturated rings. The molecule has 7 heteroatoms. The van der Waals surface area contributed by atoms with Crippen molar-refractivity contribution in [3.8, 4) is 0 Å². The zero-order valence-corrected chi connectivity index (χ0v) is 8.80. The Balaban J connectivity index is 3.04. The van der Waals surface area contributed by atoms with Gasteiger partial charge in [-0.25, -0.2) is 0 Å². The number of thiocarbonyl (C=S) groups is 1. The first-order valence-corrected chi connectivity index (χ1v) is 4.52. The Labute approximate surface area is 94.2 Å². The number of alkyl halides is 3. The molecule has 0 spiro atoms. The monoisotopic (exact) mass is 254 g/mol. The highest BCUT2D eigenvalue weighted by atomic mass is 35.5. The van der Waals surface area contributed by atoms with Crippen LogP contribution in [0.3, 0.4) is 0 Å². The number of hydrogen-bond donors (Lipinski definition) is 2. The van der Waals surface area contributed by atoms with Gasteiger partial charge in [0.05, 0.1) is 10.6 Å². The smallest absolute Gasteiger partial charge is 0.376 e. The largest absolute Gasteiger partial charge is 0.417 e. The number of anilines is 1. The molecule has 0 bridgehead atoms. The van der Waals surface area contributed by atoms with E-state index in [1.807, 2.05) is 0 Å². The average Bonchev–Trinajstić information content (AvgIpc) is 1.99. The maximum absolute atomic E-state index is 12.3. The Kier molecular flexibility index (Phi) is 3.41. The Bertz CT molecular complexity index is 392. The average molecular weight is 255 g/mol. The molecule has 1 aromatic rings. The Morgan fingerprint density at radius 2 is 2.00 bits per heavy atom. The summed E-state index contributed by atoms with van der Waals surface area (Å²) in [5.74, 6) is 0. The summed E-state index contributed by atoms with van der Waals surface area (Å²) in [6, 6.07) is 3.18. The molecule has 0 atom stereocenters. The third kappa shape index (κ3) is 3.24. The van der Waals surface area contributed by atoms with Gasteiger partial charge in [-0.1, -0.05) is 11.6 Å². The van der Waals surface area contributed by atoms with Gasteiger partial charge in [-0.15, -0.1) is 0 Å². The molecule has 2 nitrogen and oxygen atoms in total. The fourth-order valence-electron chi connectivity index (χ4n) is 0.965. The van der Waals surface area contributed by atoms with Crippen LogP contribution >= 0.6 is 23.8 Å². The molecule has 0 aliphatic carbocycles. The molecule has 0 aromatic heterocycles. The van der Waals surface area contributed by atoms with Gasteiger partial charge in [0.15, 0.2) is 5.11 Å². The van der Waals surface area contributed by atoms with E-state index in [4.69, 9.17) is 17.3 Å². The van der Waals surface area contributed by atoms with Crippen molar-refractivity contribution in [2.24, 2.45) is 5.73 Å². The quantitative estimate of drug-likeness (QED) is 0.757. The Hall–Kier alpha value is -1.01. The number of nitrogens with two attached hydrogens (primary N) is 1. The van der Waals surface area contributed by atoms with Gasteiger partial charge < -0.3 is 11.1 Å². The van der Waals surface area contributed by atoms with E-state index in [1.165, 1.54) is 6.07 Å². The normalized spacial score (nSPS) is 11.2. The van der Waals surface area contributed by atoms with Crippen molar-refractivity contribution in [1.82, 2.24) is 0 Å². The first-order valence-electron chi connectivity index (χ1n) is 3.74. The number of halogens is 4. The summed E-state index contributed by atoms with van der Waals surface area (Å²) in [4.78, 5) is 0.